The van der Waals surface area contributed by atoms with Gasteiger partial charge < -0.3 is 14.6 Å². The third kappa shape index (κ3) is 2.60. The molecule has 0 aliphatic carbocycles. The van der Waals surface area contributed by atoms with E-state index in [4.69, 9.17) is 14.6 Å². The first-order valence-electron chi connectivity index (χ1n) is 5.23. The van der Waals surface area contributed by atoms with Gasteiger partial charge in [-0.2, -0.15) is 5.10 Å². The summed E-state index contributed by atoms with van der Waals surface area (Å²) in [5.41, 5.74) is 0.531. The van der Waals surface area contributed by atoms with Gasteiger partial charge in [-0.3, -0.25) is 5.10 Å². The van der Waals surface area contributed by atoms with Crippen LogP contribution in [0.25, 0.3) is 0 Å². The number of hydrogen-bond donors (Lipinski definition) is 2. The zero-order valence-electron chi connectivity index (χ0n) is 9.71. The number of H-pyrrole nitrogens is 1. The summed E-state index contributed by atoms with van der Waals surface area (Å²) in [6.07, 6.45) is 1.26. The standard InChI is InChI=1S/C12H12N2O4/c1-17-8-3-2-4-9(5-8)18-7-11-10(12(15)16)6-13-14-11/h2-6H,7H2,1H3,(H,13,14)(H,15,16). The van der Waals surface area contributed by atoms with Crippen molar-refractivity contribution in [2.45, 2.75) is 6.61 Å². The van der Waals surface area contributed by atoms with E-state index in [1.165, 1.54) is 6.20 Å². The summed E-state index contributed by atoms with van der Waals surface area (Å²) >= 11 is 0. The molecule has 6 nitrogen and oxygen atoms in total. The van der Waals surface area contributed by atoms with Gasteiger partial charge in [0.1, 0.15) is 23.7 Å². The van der Waals surface area contributed by atoms with Crippen LogP contribution in [0.4, 0.5) is 0 Å². The average molecular weight is 248 g/mol. The second kappa shape index (κ2) is 5.22. The Labute approximate surface area is 103 Å². The van der Waals surface area contributed by atoms with Crippen molar-refractivity contribution in [2.24, 2.45) is 0 Å². The lowest BCUT2D eigenvalue weighted by atomic mass is 10.2. The molecule has 0 aliphatic rings. The summed E-state index contributed by atoms with van der Waals surface area (Å²) in [5, 5.41) is 15.2. The van der Waals surface area contributed by atoms with Crippen LogP contribution in [-0.4, -0.2) is 28.4 Å². The zero-order chi connectivity index (χ0) is 13.0. The lowest BCUT2D eigenvalue weighted by molar-refractivity contribution is 0.0694. The number of nitrogens with one attached hydrogen (secondary N) is 1. The topological polar surface area (TPSA) is 84.4 Å². The minimum absolute atomic E-state index is 0.106. The van der Waals surface area contributed by atoms with Gasteiger partial charge in [-0.05, 0) is 12.1 Å². The monoisotopic (exact) mass is 248 g/mol. The molecule has 2 N–H and O–H groups in total. The van der Waals surface area contributed by atoms with Gasteiger partial charge >= 0.3 is 5.97 Å². The Morgan fingerprint density at radius 2 is 2.22 bits per heavy atom. The summed E-state index contributed by atoms with van der Waals surface area (Å²) < 4.78 is 10.5. The quantitative estimate of drug-likeness (QED) is 0.841. The maximum Gasteiger partial charge on any atom is 0.339 e. The number of carboxylic acid groups (broad SMARTS) is 1. The van der Waals surface area contributed by atoms with Crippen molar-refractivity contribution in [1.29, 1.82) is 0 Å². The molecule has 2 rings (SSSR count). The Hall–Kier alpha value is -2.50. The molecule has 1 aromatic carbocycles. The van der Waals surface area contributed by atoms with E-state index < -0.39 is 5.97 Å². The number of carbonyl (C=O) groups is 1. The molecular weight excluding hydrogens is 236 g/mol. The number of aromatic amines is 1. The number of nitrogens with zero attached hydrogens (tertiary/aromatic N) is 1. The third-order valence-electron chi connectivity index (χ3n) is 2.37. The maximum absolute atomic E-state index is 10.9. The van der Waals surface area contributed by atoms with Gasteiger partial charge in [-0.15, -0.1) is 0 Å². The lowest BCUT2D eigenvalue weighted by Gasteiger charge is -2.06. The van der Waals surface area contributed by atoms with Crippen LogP contribution in [0.1, 0.15) is 16.1 Å². The molecule has 0 saturated carbocycles. The van der Waals surface area contributed by atoms with Gasteiger partial charge in [-0.1, -0.05) is 6.07 Å². The van der Waals surface area contributed by atoms with Gasteiger partial charge in [0.05, 0.1) is 19.0 Å². The maximum atomic E-state index is 10.9. The number of benzene rings is 1. The normalized spacial score (nSPS) is 10.1. The van der Waals surface area contributed by atoms with Gasteiger partial charge in [0.2, 0.25) is 0 Å². The number of hydrogen-bond acceptors (Lipinski definition) is 4. The molecule has 0 amide bonds. The minimum Gasteiger partial charge on any atom is -0.497 e. The Morgan fingerprint density at radius 1 is 1.44 bits per heavy atom. The zero-order valence-corrected chi connectivity index (χ0v) is 9.71. The Balaban J connectivity index is 2.06. The minimum atomic E-state index is -1.03. The number of aromatic carboxylic acids is 1. The van der Waals surface area contributed by atoms with Crippen LogP contribution in [0.5, 0.6) is 11.5 Å². The highest BCUT2D eigenvalue weighted by atomic mass is 16.5. The second-order valence-electron chi connectivity index (χ2n) is 3.54. The SMILES string of the molecule is COc1cccc(OCc2[nH]ncc2C(=O)O)c1. The van der Waals surface area contributed by atoms with Crippen molar-refractivity contribution in [1.82, 2.24) is 10.2 Å². The van der Waals surface area contributed by atoms with Crippen LogP contribution in [0, 0.1) is 0 Å². The van der Waals surface area contributed by atoms with E-state index in [-0.39, 0.29) is 12.2 Å². The van der Waals surface area contributed by atoms with Crippen LogP contribution in [0.2, 0.25) is 0 Å². The molecule has 0 saturated heterocycles. The third-order valence-corrected chi connectivity index (χ3v) is 2.37. The average Bonchev–Trinajstić information content (AvgIpc) is 2.85. The van der Waals surface area contributed by atoms with Crippen molar-refractivity contribution in [3.8, 4) is 11.5 Å². The first-order chi connectivity index (χ1) is 8.70. The fraction of sp³-hybridized carbons (Fsp3) is 0.167. The summed E-state index contributed by atoms with van der Waals surface area (Å²) in [6, 6.07) is 7.07. The molecular formula is C12H12N2O4. The van der Waals surface area contributed by atoms with Gasteiger partial charge in [0.15, 0.2) is 0 Å². The molecule has 6 heteroatoms. The van der Waals surface area contributed by atoms with E-state index in [0.717, 1.165) is 0 Å². The van der Waals surface area contributed by atoms with Gasteiger partial charge in [0, 0.05) is 6.07 Å². The molecule has 0 radical (unpaired) electrons. The lowest BCUT2D eigenvalue weighted by Crippen LogP contribution is -2.04. The predicted molar refractivity (Wildman–Crippen MR) is 62.9 cm³/mol. The highest BCUT2D eigenvalue weighted by Gasteiger charge is 2.12. The first kappa shape index (κ1) is 12.0. The molecule has 1 aromatic heterocycles. The first-order valence-corrected chi connectivity index (χ1v) is 5.23. The Bertz CT molecular complexity index is 551. The molecule has 0 aliphatic heterocycles. The van der Waals surface area contributed by atoms with Crippen LogP contribution < -0.4 is 9.47 Å². The fourth-order valence-corrected chi connectivity index (χ4v) is 1.45. The molecule has 0 spiro atoms. The van der Waals surface area contributed by atoms with E-state index in [1.807, 2.05) is 0 Å². The Morgan fingerprint density at radius 3 is 2.94 bits per heavy atom. The number of aromatic nitrogens is 2. The van der Waals surface area contributed by atoms with E-state index in [9.17, 15) is 4.79 Å². The van der Waals surface area contributed by atoms with Crippen molar-refractivity contribution < 1.29 is 19.4 Å². The fourth-order valence-electron chi connectivity index (χ4n) is 1.45. The van der Waals surface area contributed by atoms with Crippen molar-refractivity contribution in [3.63, 3.8) is 0 Å². The highest BCUT2D eigenvalue weighted by Crippen LogP contribution is 2.20. The van der Waals surface area contributed by atoms with E-state index in [1.54, 1.807) is 31.4 Å². The highest BCUT2D eigenvalue weighted by molar-refractivity contribution is 5.88. The second-order valence-corrected chi connectivity index (χ2v) is 3.54. The summed E-state index contributed by atoms with van der Waals surface area (Å²) in [4.78, 5) is 10.9. The van der Waals surface area contributed by atoms with Gasteiger partial charge in [-0.25, -0.2) is 4.79 Å². The van der Waals surface area contributed by atoms with Crippen LogP contribution in [0.15, 0.2) is 30.5 Å². The Kier molecular flexibility index (Phi) is 3.47. The van der Waals surface area contributed by atoms with Crippen molar-refractivity contribution >= 4 is 5.97 Å². The molecule has 18 heavy (non-hydrogen) atoms. The van der Waals surface area contributed by atoms with Crippen LogP contribution in [-0.2, 0) is 6.61 Å². The largest absolute Gasteiger partial charge is 0.497 e. The molecule has 0 atom stereocenters. The summed E-state index contributed by atoms with van der Waals surface area (Å²) in [5.74, 6) is 0.240. The molecule has 94 valence electrons. The van der Waals surface area contributed by atoms with Crippen molar-refractivity contribution in [3.05, 3.63) is 41.7 Å². The molecule has 0 bridgehead atoms. The summed E-state index contributed by atoms with van der Waals surface area (Å²) in [6.45, 7) is 0.106. The number of ether oxygens (including phenoxy) is 2. The smallest absolute Gasteiger partial charge is 0.339 e. The summed E-state index contributed by atoms with van der Waals surface area (Å²) in [7, 11) is 1.57. The number of rotatable bonds is 5. The molecule has 0 unspecified atom stereocenters. The molecule has 0 fully saturated rings. The number of carboxylic acids is 1. The molecule has 2 aromatic rings. The predicted octanol–water partition coefficient (Wildman–Crippen LogP) is 1.70. The van der Waals surface area contributed by atoms with E-state index in [0.29, 0.717) is 17.2 Å². The van der Waals surface area contributed by atoms with Crippen LogP contribution >= 0.6 is 0 Å². The van der Waals surface area contributed by atoms with Crippen molar-refractivity contribution in [2.75, 3.05) is 7.11 Å². The van der Waals surface area contributed by atoms with Gasteiger partial charge in [0.25, 0.3) is 0 Å². The van der Waals surface area contributed by atoms with Crippen LogP contribution in [0.3, 0.4) is 0 Å². The molecule has 1 heterocycles. The number of methoxy groups -OCH3 is 1. The van der Waals surface area contributed by atoms with E-state index in [2.05, 4.69) is 10.2 Å². The van der Waals surface area contributed by atoms with E-state index >= 15 is 0 Å².